The molecule has 132 valence electrons. The highest BCUT2D eigenvalue weighted by molar-refractivity contribution is 5.94. The average molecular weight is 347 g/mol. The third kappa shape index (κ3) is 4.60. The van der Waals surface area contributed by atoms with E-state index in [1.807, 2.05) is 73.6 Å². The minimum absolute atomic E-state index is 0.125. The van der Waals surface area contributed by atoms with E-state index >= 15 is 0 Å². The maximum Gasteiger partial charge on any atom is 0.251 e. The molecule has 1 aromatic heterocycles. The number of nitrogens with one attached hydrogen (secondary N) is 1. The Balaban J connectivity index is 1.58. The lowest BCUT2D eigenvalue weighted by Crippen LogP contribution is -2.23. The third-order valence-corrected chi connectivity index (χ3v) is 3.82. The van der Waals surface area contributed by atoms with Gasteiger partial charge in [-0.2, -0.15) is 0 Å². The van der Waals surface area contributed by atoms with Gasteiger partial charge in [0.15, 0.2) is 0 Å². The second-order valence-corrected chi connectivity index (χ2v) is 6.04. The Labute approximate surface area is 153 Å². The van der Waals surface area contributed by atoms with Crippen LogP contribution in [0.3, 0.4) is 0 Å². The molecule has 26 heavy (non-hydrogen) atoms. The van der Waals surface area contributed by atoms with Gasteiger partial charge >= 0.3 is 0 Å². The maximum absolute atomic E-state index is 12.3. The lowest BCUT2D eigenvalue weighted by atomic mass is 10.2. The Morgan fingerprint density at radius 3 is 2.38 bits per heavy atom. The van der Waals surface area contributed by atoms with Crippen LogP contribution in [0.15, 0.2) is 72.9 Å². The number of carbonyl (C=O) groups is 1. The van der Waals surface area contributed by atoms with E-state index < -0.39 is 0 Å². The second-order valence-electron chi connectivity index (χ2n) is 6.04. The maximum atomic E-state index is 12.3. The molecule has 0 unspecified atom stereocenters. The number of anilines is 1. The molecule has 0 saturated heterocycles. The first-order valence-electron chi connectivity index (χ1n) is 8.35. The van der Waals surface area contributed by atoms with Crippen molar-refractivity contribution >= 4 is 11.7 Å². The van der Waals surface area contributed by atoms with Gasteiger partial charge in [0.1, 0.15) is 17.3 Å². The fraction of sp³-hybridized carbons (Fsp3) is 0.143. The lowest BCUT2D eigenvalue weighted by molar-refractivity contribution is 0.0951. The normalized spacial score (nSPS) is 10.2. The van der Waals surface area contributed by atoms with Crippen LogP contribution in [0.5, 0.6) is 11.5 Å². The fourth-order valence-electron chi connectivity index (χ4n) is 2.39. The SMILES string of the molecule is CN(C)c1cc(C(=O)NCc2ccc(Oc3ccccc3)cc2)ccn1. The molecule has 3 aromatic rings. The number of hydrogen-bond donors (Lipinski definition) is 1. The molecule has 0 spiro atoms. The summed E-state index contributed by atoms with van der Waals surface area (Å²) in [5.41, 5.74) is 1.59. The minimum Gasteiger partial charge on any atom is -0.457 e. The lowest BCUT2D eigenvalue weighted by Gasteiger charge is -2.12. The van der Waals surface area contributed by atoms with Gasteiger partial charge in [0, 0.05) is 32.4 Å². The summed E-state index contributed by atoms with van der Waals surface area (Å²) in [7, 11) is 3.78. The van der Waals surface area contributed by atoms with E-state index in [2.05, 4.69) is 10.3 Å². The summed E-state index contributed by atoms with van der Waals surface area (Å²) in [5, 5.41) is 2.92. The van der Waals surface area contributed by atoms with Crippen LogP contribution >= 0.6 is 0 Å². The van der Waals surface area contributed by atoms with E-state index in [4.69, 9.17) is 4.74 Å². The van der Waals surface area contributed by atoms with Crippen LogP contribution in [-0.4, -0.2) is 25.0 Å². The molecular formula is C21H21N3O2. The highest BCUT2D eigenvalue weighted by atomic mass is 16.5. The Morgan fingerprint density at radius 1 is 1.00 bits per heavy atom. The summed E-state index contributed by atoms with van der Waals surface area (Å²) < 4.78 is 5.76. The highest BCUT2D eigenvalue weighted by Crippen LogP contribution is 2.21. The van der Waals surface area contributed by atoms with Crippen LogP contribution in [0.2, 0.25) is 0 Å². The summed E-state index contributed by atoms with van der Waals surface area (Å²) in [6, 6.07) is 20.8. The van der Waals surface area contributed by atoms with Gasteiger partial charge in [-0.3, -0.25) is 4.79 Å². The van der Waals surface area contributed by atoms with Gasteiger partial charge in [0.2, 0.25) is 0 Å². The van der Waals surface area contributed by atoms with Crippen molar-refractivity contribution < 1.29 is 9.53 Å². The van der Waals surface area contributed by atoms with Gasteiger partial charge in [0.05, 0.1) is 0 Å². The molecule has 5 heteroatoms. The Bertz CT molecular complexity index is 862. The molecule has 2 aromatic carbocycles. The predicted octanol–water partition coefficient (Wildman–Crippen LogP) is 3.87. The van der Waals surface area contributed by atoms with Crippen LogP contribution in [0, 0.1) is 0 Å². The quantitative estimate of drug-likeness (QED) is 0.735. The summed E-state index contributed by atoms with van der Waals surface area (Å²) in [5.74, 6) is 2.18. The molecule has 0 radical (unpaired) electrons. The smallest absolute Gasteiger partial charge is 0.251 e. The Hall–Kier alpha value is -3.34. The van der Waals surface area contributed by atoms with Crippen molar-refractivity contribution in [3.63, 3.8) is 0 Å². The fourth-order valence-corrected chi connectivity index (χ4v) is 2.39. The van der Waals surface area contributed by atoms with Gasteiger partial charge < -0.3 is 15.0 Å². The number of pyridine rings is 1. The van der Waals surface area contributed by atoms with Crippen molar-refractivity contribution in [2.45, 2.75) is 6.54 Å². The standard InChI is InChI=1S/C21H21N3O2/c1-24(2)20-14-17(12-13-22-20)21(25)23-15-16-8-10-19(11-9-16)26-18-6-4-3-5-7-18/h3-14H,15H2,1-2H3,(H,23,25). The Morgan fingerprint density at radius 2 is 1.69 bits per heavy atom. The molecule has 0 aliphatic heterocycles. The van der Waals surface area contributed by atoms with Crippen LogP contribution in [-0.2, 0) is 6.54 Å². The number of aromatic nitrogens is 1. The summed E-state index contributed by atoms with van der Waals surface area (Å²) >= 11 is 0. The van der Waals surface area contributed by atoms with E-state index in [9.17, 15) is 4.79 Å². The molecule has 0 fully saturated rings. The van der Waals surface area contributed by atoms with E-state index in [-0.39, 0.29) is 5.91 Å². The van der Waals surface area contributed by atoms with Gasteiger partial charge in [-0.1, -0.05) is 30.3 Å². The number of benzene rings is 2. The van der Waals surface area contributed by atoms with E-state index in [0.29, 0.717) is 12.1 Å². The molecule has 1 N–H and O–H groups in total. The predicted molar refractivity (Wildman–Crippen MR) is 103 cm³/mol. The van der Waals surface area contributed by atoms with Crippen LogP contribution in [0.1, 0.15) is 15.9 Å². The molecule has 1 heterocycles. The monoisotopic (exact) mass is 347 g/mol. The topological polar surface area (TPSA) is 54.5 Å². The number of nitrogens with zero attached hydrogens (tertiary/aromatic N) is 2. The number of amides is 1. The van der Waals surface area contributed by atoms with Gasteiger partial charge in [-0.05, 0) is 42.0 Å². The summed E-state index contributed by atoms with van der Waals surface area (Å²) in [4.78, 5) is 18.4. The van der Waals surface area contributed by atoms with Crippen LogP contribution < -0.4 is 15.0 Å². The third-order valence-electron chi connectivity index (χ3n) is 3.82. The molecule has 3 rings (SSSR count). The zero-order chi connectivity index (χ0) is 18.4. The Kier molecular flexibility index (Phi) is 5.49. The van der Waals surface area contributed by atoms with Crippen LogP contribution in [0.4, 0.5) is 5.82 Å². The number of para-hydroxylation sites is 1. The zero-order valence-electron chi connectivity index (χ0n) is 14.8. The molecule has 0 aliphatic carbocycles. The van der Waals surface area contributed by atoms with Crippen molar-refractivity contribution in [2.75, 3.05) is 19.0 Å². The average Bonchev–Trinajstić information content (AvgIpc) is 2.68. The van der Waals surface area contributed by atoms with Crippen LogP contribution in [0.25, 0.3) is 0 Å². The van der Waals surface area contributed by atoms with Crippen molar-refractivity contribution in [1.29, 1.82) is 0 Å². The highest BCUT2D eigenvalue weighted by Gasteiger charge is 2.08. The molecule has 0 saturated carbocycles. The van der Waals surface area contributed by atoms with Crippen molar-refractivity contribution in [2.24, 2.45) is 0 Å². The van der Waals surface area contributed by atoms with Gasteiger partial charge in [-0.15, -0.1) is 0 Å². The van der Waals surface area contributed by atoms with Gasteiger partial charge in [-0.25, -0.2) is 4.98 Å². The number of rotatable bonds is 6. The first-order valence-corrected chi connectivity index (χ1v) is 8.35. The number of carbonyl (C=O) groups excluding carboxylic acids is 1. The van der Waals surface area contributed by atoms with E-state index in [1.165, 1.54) is 0 Å². The first-order chi connectivity index (χ1) is 12.6. The molecular weight excluding hydrogens is 326 g/mol. The largest absolute Gasteiger partial charge is 0.457 e. The van der Waals surface area contributed by atoms with Crippen molar-refractivity contribution in [1.82, 2.24) is 10.3 Å². The molecule has 0 bridgehead atoms. The molecule has 0 atom stereocenters. The second kappa shape index (κ2) is 8.16. The number of hydrogen-bond acceptors (Lipinski definition) is 4. The van der Waals surface area contributed by atoms with Crippen molar-refractivity contribution in [3.05, 3.63) is 84.1 Å². The zero-order valence-corrected chi connectivity index (χ0v) is 14.8. The number of ether oxygens (including phenoxy) is 1. The molecule has 0 aliphatic rings. The summed E-state index contributed by atoms with van der Waals surface area (Å²) in [6.07, 6.45) is 1.64. The van der Waals surface area contributed by atoms with Crippen molar-refractivity contribution in [3.8, 4) is 11.5 Å². The molecule has 5 nitrogen and oxygen atoms in total. The van der Waals surface area contributed by atoms with E-state index in [0.717, 1.165) is 22.9 Å². The van der Waals surface area contributed by atoms with Gasteiger partial charge in [0.25, 0.3) is 5.91 Å². The molecule has 1 amide bonds. The minimum atomic E-state index is -0.125. The first kappa shape index (κ1) is 17.5. The summed E-state index contributed by atoms with van der Waals surface area (Å²) in [6.45, 7) is 0.448. The van der Waals surface area contributed by atoms with E-state index in [1.54, 1.807) is 18.3 Å².